The average Bonchev–Trinajstić information content (AvgIpc) is 3.26. The summed E-state index contributed by atoms with van der Waals surface area (Å²) in [5.41, 5.74) is 1.62. The van der Waals surface area contributed by atoms with Gasteiger partial charge in [0.2, 0.25) is 0 Å². The molecule has 2 aliphatic heterocycles. The summed E-state index contributed by atoms with van der Waals surface area (Å²) >= 11 is 0. The zero-order chi connectivity index (χ0) is 23.4. The summed E-state index contributed by atoms with van der Waals surface area (Å²) < 4.78 is 33.3. The molecule has 0 saturated carbocycles. The molecule has 174 valence electrons. The topological polar surface area (TPSA) is 62.2 Å². The average molecular weight is 456 g/mol. The number of halogens is 2. The maximum absolute atomic E-state index is 14.7. The number of piperidine rings is 1. The molecule has 2 aromatic carbocycles. The van der Waals surface area contributed by atoms with Gasteiger partial charge in [0.05, 0.1) is 24.9 Å². The van der Waals surface area contributed by atoms with Crippen molar-refractivity contribution in [3.05, 3.63) is 71.3 Å². The lowest BCUT2D eigenvalue weighted by Crippen LogP contribution is -2.49. The molecule has 0 unspecified atom stereocenters. The minimum Gasteiger partial charge on any atom is -0.465 e. The number of ether oxygens (including phenoxy) is 1. The van der Waals surface area contributed by atoms with Gasteiger partial charge in [-0.3, -0.25) is 14.5 Å². The van der Waals surface area contributed by atoms with Crippen LogP contribution in [0.2, 0.25) is 0 Å². The Morgan fingerprint density at radius 2 is 1.85 bits per heavy atom. The van der Waals surface area contributed by atoms with Crippen LogP contribution >= 0.6 is 0 Å². The highest BCUT2D eigenvalue weighted by molar-refractivity contribution is 6.03. The Balaban J connectivity index is 1.60. The Morgan fingerprint density at radius 3 is 2.58 bits per heavy atom. The lowest BCUT2D eigenvalue weighted by molar-refractivity contribution is -0.152. The van der Waals surface area contributed by atoms with Gasteiger partial charge in [0.25, 0.3) is 5.91 Å². The highest BCUT2D eigenvalue weighted by Crippen LogP contribution is 2.34. The number of rotatable bonds is 6. The smallest absolute Gasteiger partial charge is 0.323 e. The maximum atomic E-state index is 14.7. The van der Waals surface area contributed by atoms with Gasteiger partial charge in [-0.05, 0) is 50.1 Å². The first-order valence-electron chi connectivity index (χ1n) is 11.3. The van der Waals surface area contributed by atoms with Crippen molar-refractivity contribution in [3.63, 3.8) is 0 Å². The van der Waals surface area contributed by atoms with E-state index in [2.05, 4.69) is 5.10 Å². The molecule has 6 nitrogen and oxygen atoms in total. The van der Waals surface area contributed by atoms with Crippen LogP contribution in [-0.2, 0) is 14.3 Å². The number of hydrogen-bond donors (Lipinski definition) is 0. The second-order valence-corrected chi connectivity index (χ2v) is 8.27. The van der Waals surface area contributed by atoms with Crippen LogP contribution in [0.25, 0.3) is 0 Å². The van der Waals surface area contributed by atoms with E-state index in [0.29, 0.717) is 36.2 Å². The molecule has 1 fully saturated rings. The van der Waals surface area contributed by atoms with Crippen LogP contribution in [0.15, 0.2) is 53.6 Å². The van der Waals surface area contributed by atoms with E-state index in [4.69, 9.17) is 4.74 Å². The number of esters is 1. The first-order valence-corrected chi connectivity index (χ1v) is 11.3. The SMILES string of the molecule is CCOC(=O)[C@H]1CCCCN1CC(=O)N1N=C(c2ccc(F)cc2)C[C@@H]1c1ccccc1F. The van der Waals surface area contributed by atoms with Crippen molar-refractivity contribution >= 4 is 17.6 Å². The number of nitrogens with zero attached hydrogens (tertiary/aromatic N) is 3. The van der Waals surface area contributed by atoms with Gasteiger partial charge in [0, 0.05) is 12.0 Å². The van der Waals surface area contributed by atoms with E-state index in [0.717, 1.165) is 12.8 Å². The van der Waals surface area contributed by atoms with E-state index >= 15 is 0 Å². The molecule has 0 N–H and O–H groups in total. The molecule has 2 atom stereocenters. The van der Waals surface area contributed by atoms with Gasteiger partial charge >= 0.3 is 5.97 Å². The molecule has 0 aliphatic carbocycles. The van der Waals surface area contributed by atoms with Gasteiger partial charge < -0.3 is 4.74 Å². The monoisotopic (exact) mass is 455 g/mol. The predicted molar refractivity (Wildman–Crippen MR) is 119 cm³/mol. The summed E-state index contributed by atoms with van der Waals surface area (Å²) in [7, 11) is 0. The fourth-order valence-electron chi connectivity index (χ4n) is 4.48. The van der Waals surface area contributed by atoms with E-state index < -0.39 is 17.9 Å². The van der Waals surface area contributed by atoms with Gasteiger partial charge in [-0.1, -0.05) is 36.8 Å². The molecule has 1 amide bonds. The van der Waals surface area contributed by atoms with E-state index in [1.165, 1.54) is 23.2 Å². The third kappa shape index (κ3) is 5.11. The Labute approximate surface area is 191 Å². The van der Waals surface area contributed by atoms with Crippen LogP contribution in [0, 0.1) is 11.6 Å². The molecular weight excluding hydrogens is 428 g/mol. The fraction of sp³-hybridized carbons (Fsp3) is 0.400. The summed E-state index contributed by atoms with van der Waals surface area (Å²) in [6.45, 7) is 2.62. The number of hydrogen-bond acceptors (Lipinski definition) is 5. The molecule has 2 aliphatic rings. The van der Waals surface area contributed by atoms with Crippen LogP contribution in [0.4, 0.5) is 8.78 Å². The molecule has 2 aromatic rings. The predicted octanol–water partition coefficient (Wildman–Crippen LogP) is 4.06. The Kier molecular flexibility index (Phi) is 7.13. The zero-order valence-corrected chi connectivity index (χ0v) is 18.5. The van der Waals surface area contributed by atoms with Gasteiger partial charge in [-0.2, -0.15) is 5.10 Å². The molecule has 0 radical (unpaired) electrons. The second kappa shape index (κ2) is 10.2. The third-order valence-electron chi connectivity index (χ3n) is 6.12. The summed E-state index contributed by atoms with van der Waals surface area (Å²) in [6, 6.07) is 11.1. The molecule has 4 rings (SSSR count). The molecule has 1 saturated heterocycles. The van der Waals surface area contributed by atoms with Crippen molar-refractivity contribution in [2.45, 2.75) is 44.7 Å². The van der Waals surface area contributed by atoms with Crippen molar-refractivity contribution in [1.29, 1.82) is 0 Å². The molecule has 2 heterocycles. The third-order valence-corrected chi connectivity index (χ3v) is 6.12. The molecule has 8 heteroatoms. The summed E-state index contributed by atoms with van der Waals surface area (Å²) in [4.78, 5) is 27.6. The number of amides is 1. The van der Waals surface area contributed by atoms with E-state index in [1.54, 1.807) is 37.3 Å². The standard InChI is InChI=1S/C25H27F2N3O3/c1-2-33-25(32)22-9-5-6-14-29(22)16-24(31)30-23(19-7-3-4-8-20(19)27)15-21(28-30)17-10-12-18(26)13-11-17/h3-4,7-8,10-13,22-23H,2,5-6,9,14-16H2,1H3/t22-,23-/m1/s1. The highest BCUT2D eigenvalue weighted by Gasteiger charge is 2.37. The largest absolute Gasteiger partial charge is 0.465 e. The highest BCUT2D eigenvalue weighted by atomic mass is 19.1. The van der Waals surface area contributed by atoms with E-state index in [1.807, 2.05) is 4.90 Å². The first kappa shape index (κ1) is 23.0. The molecular formula is C25H27F2N3O3. The molecule has 0 bridgehead atoms. The van der Waals surface area contributed by atoms with Crippen molar-refractivity contribution < 1.29 is 23.1 Å². The van der Waals surface area contributed by atoms with Crippen LogP contribution in [-0.4, -0.2) is 53.2 Å². The van der Waals surface area contributed by atoms with Crippen LogP contribution in [0.1, 0.15) is 49.8 Å². The molecule has 0 aromatic heterocycles. The zero-order valence-electron chi connectivity index (χ0n) is 18.5. The number of carbonyl (C=O) groups excluding carboxylic acids is 2. The van der Waals surface area contributed by atoms with Gasteiger partial charge in [0.15, 0.2) is 0 Å². The lowest BCUT2D eigenvalue weighted by atomic mass is 9.98. The van der Waals surface area contributed by atoms with Crippen molar-refractivity contribution in [3.8, 4) is 0 Å². The number of carbonyl (C=O) groups is 2. The minimum atomic E-state index is -0.621. The molecule has 33 heavy (non-hydrogen) atoms. The Morgan fingerprint density at radius 1 is 1.09 bits per heavy atom. The van der Waals surface area contributed by atoms with Crippen LogP contribution in [0.3, 0.4) is 0 Å². The quantitative estimate of drug-likeness (QED) is 0.617. The van der Waals surface area contributed by atoms with Crippen molar-refractivity contribution in [2.75, 3.05) is 19.7 Å². The lowest BCUT2D eigenvalue weighted by Gasteiger charge is -2.34. The van der Waals surface area contributed by atoms with E-state index in [9.17, 15) is 18.4 Å². The number of likely N-dealkylation sites (tertiary alicyclic amines) is 1. The Bertz CT molecular complexity index is 1040. The summed E-state index contributed by atoms with van der Waals surface area (Å²) in [6.07, 6.45) is 2.71. The van der Waals surface area contributed by atoms with Crippen LogP contribution < -0.4 is 0 Å². The normalized spacial score (nSPS) is 21.1. The van der Waals surface area contributed by atoms with Crippen LogP contribution in [0.5, 0.6) is 0 Å². The molecule has 0 spiro atoms. The van der Waals surface area contributed by atoms with Gasteiger partial charge in [-0.15, -0.1) is 0 Å². The summed E-state index contributed by atoms with van der Waals surface area (Å²) in [5.74, 6) is -1.44. The maximum Gasteiger partial charge on any atom is 0.323 e. The minimum absolute atomic E-state index is 0.0192. The second-order valence-electron chi connectivity index (χ2n) is 8.27. The van der Waals surface area contributed by atoms with Gasteiger partial charge in [-0.25, -0.2) is 13.8 Å². The summed E-state index contributed by atoms with van der Waals surface area (Å²) in [5, 5.41) is 5.84. The van der Waals surface area contributed by atoms with E-state index in [-0.39, 0.29) is 30.8 Å². The Hall–Kier alpha value is -3.13. The number of benzene rings is 2. The first-order chi connectivity index (χ1) is 16.0. The fourth-order valence-corrected chi connectivity index (χ4v) is 4.48. The van der Waals surface area contributed by atoms with Crippen molar-refractivity contribution in [2.24, 2.45) is 5.10 Å². The number of hydrazone groups is 1. The van der Waals surface area contributed by atoms with Crippen molar-refractivity contribution in [1.82, 2.24) is 9.91 Å². The van der Waals surface area contributed by atoms with Gasteiger partial charge in [0.1, 0.15) is 17.7 Å².